The average molecular weight is 264 g/mol. The molecule has 102 valence electrons. The molecule has 8 heteroatoms. The normalized spacial score (nSPS) is 21.5. The first-order valence-electron chi connectivity index (χ1n) is 5.83. The standard InChI is InChI=1S/C11H16N6O2/c1-11(2)6-13-10(14-7-11)16-15-9(18)8-5-17(19)4-3-12-8/h3-5,12,19H,6-7H2,1-2H3,(H,13,14). The Hall–Kier alpha value is -2.22. The van der Waals surface area contributed by atoms with Crippen molar-refractivity contribution in [1.82, 2.24) is 15.7 Å². The minimum Gasteiger partial charge on any atom is -0.354 e. The molecule has 0 aliphatic carbocycles. The molecule has 19 heavy (non-hydrogen) atoms. The van der Waals surface area contributed by atoms with Gasteiger partial charge in [0.2, 0.25) is 5.96 Å². The lowest BCUT2D eigenvalue weighted by molar-refractivity contribution is -0.115. The predicted molar refractivity (Wildman–Crippen MR) is 67.9 cm³/mol. The zero-order chi connectivity index (χ0) is 13.9. The molecule has 0 spiro atoms. The lowest BCUT2D eigenvalue weighted by atomic mass is 9.93. The highest BCUT2D eigenvalue weighted by atomic mass is 16.5. The van der Waals surface area contributed by atoms with Crippen molar-refractivity contribution in [2.75, 3.05) is 13.1 Å². The van der Waals surface area contributed by atoms with E-state index in [0.29, 0.717) is 12.5 Å². The Morgan fingerprint density at radius 2 is 2.37 bits per heavy atom. The fourth-order valence-corrected chi connectivity index (χ4v) is 1.47. The van der Waals surface area contributed by atoms with Gasteiger partial charge in [-0.2, -0.15) is 0 Å². The van der Waals surface area contributed by atoms with Crippen LogP contribution < -0.4 is 10.6 Å². The second kappa shape index (κ2) is 5.19. The second-order valence-electron chi connectivity index (χ2n) is 5.05. The van der Waals surface area contributed by atoms with E-state index < -0.39 is 5.91 Å². The molecule has 0 aromatic rings. The third-order valence-corrected chi connectivity index (χ3v) is 2.58. The van der Waals surface area contributed by atoms with Crippen molar-refractivity contribution < 1.29 is 10.0 Å². The van der Waals surface area contributed by atoms with E-state index in [1.807, 2.05) is 0 Å². The zero-order valence-corrected chi connectivity index (χ0v) is 10.8. The van der Waals surface area contributed by atoms with Gasteiger partial charge in [-0.1, -0.05) is 13.8 Å². The van der Waals surface area contributed by atoms with E-state index in [-0.39, 0.29) is 11.1 Å². The van der Waals surface area contributed by atoms with Crippen LogP contribution in [0.4, 0.5) is 0 Å². The summed E-state index contributed by atoms with van der Waals surface area (Å²) in [5.74, 6) is -0.238. The fraction of sp³-hybridized carbons (Fsp3) is 0.455. The quantitative estimate of drug-likeness (QED) is 0.600. The van der Waals surface area contributed by atoms with Gasteiger partial charge >= 0.3 is 5.91 Å². The number of amides is 1. The molecule has 0 atom stereocenters. The highest BCUT2D eigenvalue weighted by Crippen LogP contribution is 2.16. The van der Waals surface area contributed by atoms with E-state index in [1.54, 1.807) is 0 Å². The first-order valence-corrected chi connectivity index (χ1v) is 5.83. The molecule has 0 bridgehead atoms. The largest absolute Gasteiger partial charge is 0.354 e. The van der Waals surface area contributed by atoms with Crippen molar-refractivity contribution in [2.24, 2.45) is 20.6 Å². The van der Waals surface area contributed by atoms with Crippen molar-refractivity contribution >= 4 is 11.9 Å². The van der Waals surface area contributed by atoms with E-state index in [2.05, 4.69) is 39.7 Å². The summed E-state index contributed by atoms with van der Waals surface area (Å²) in [4.78, 5) is 15.9. The second-order valence-corrected chi connectivity index (χ2v) is 5.05. The summed E-state index contributed by atoms with van der Waals surface area (Å²) in [6.45, 7) is 5.53. The van der Waals surface area contributed by atoms with Crippen LogP contribution in [-0.2, 0) is 4.79 Å². The van der Waals surface area contributed by atoms with Gasteiger partial charge in [0.05, 0.1) is 6.20 Å². The van der Waals surface area contributed by atoms with Crippen LogP contribution in [0.1, 0.15) is 13.8 Å². The van der Waals surface area contributed by atoms with Crippen molar-refractivity contribution in [3.05, 3.63) is 24.3 Å². The van der Waals surface area contributed by atoms with Gasteiger partial charge in [0.25, 0.3) is 0 Å². The SMILES string of the molecule is CC1(C)CN=C(N=NC(=O)C2=CN(O)C=CN2)NC1. The number of guanidine groups is 1. The van der Waals surface area contributed by atoms with Crippen LogP contribution in [0.2, 0.25) is 0 Å². The van der Waals surface area contributed by atoms with Crippen LogP contribution in [0.3, 0.4) is 0 Å². The molecule has 2 aliphatic heterocycles. The van der Waals surface area contributed by atoms with E-state index in [9.17, 15) is 10.0 Å². The van der Waals surface area contributed by atoms with E-state index in [4.69, 9.17) is 0 Å². The van der Waals surface area contributed by atoms with Crippen molar-refractivity contribution in [3.8, 4) is 0 Å². The number of hydroxylamine groups is 2. The number of azo groups is 1. The molecule has 0 radical (unpaired) electrons. The number of hydrogen-bond donors (Lipinski definition) is 3. The molecular weight excluding hydrogens is 248 g/mol. The summed E-state index contributed by atoms with van der Waals surface area (Å²) < 4.78 is 0. The van der Waals surface area contributed by atoms with E-state index in [1.165, 1.54) is 18.6 Å². The highest BCUT2D eigenvalue weighted by Gasteiger charge is 2.22. The van der Waals surface area contributed by atoms with Gasteiger partial charge in [-0.25, -0.2) is 10.1 Å². The number of hydrogen-bond acceptors (Lipinski definition) is 7. The molecule has 1 amide bonds. The van der Waals surface area contributed by atoms with Crippen molar-refractivity contribution in [2.45, 2.75) is 13.8 Å². The van der Waals surface area contributed by atoms with Gasteiger partial charge in [0.15, 0.2) is 0 Å². The number of rotatable bonds is 1. The maximum absolute atomic E-state index is 11.7. The van der Waals surface area contributed by atoms with Gasteiger partial charge in [0.1, 0.15) is 5.70 Å². The number of carbonyl (C=O) groups is 1. The minimum atomic E-state index is -0.585. The predicted octanol–water partition coefficient (Wildman–Crippen LogP) is 0.558. The Bertz CT molecular complexity index is 491. The number of carbonyl (C=O) groups excluding carboxylic acids is 1. The Balaban J connectivity index is 1.96. The zero-order valence-electron chi connectivity index (χ0n) is 10.8. The number of nitrogens with zero attached hydrogens (tertiary/aromatic N) is 4. The maximum atomic E-state index is 11.7. The molecule has 8 nitrogen and oxygen atoms in total. The first-order chi connectivity index (χ1) is 8.96. The van der Waals surface area contributed by atoms with Crippen molar-refractivity contribution in [1.29, 1.82) is 0 Å². The summed E-state index contributed by atoms with van der Waals surface area (Å²) in [6, 6.07) is 0. The lowest BCUT2D eigenvalue weighted by Gasteiger charge is -2.26. The molecule has 0 unspecified atom stereocenters. The van der Waals surface area contributed by atoms with Gasteiger partial charge in [0, 0.05) is 30.9 Å². The Labute approximate surface area is 110 Å². The van der Waals surface area contributed by atoms with Crippen LogP contribution in [0.15, 0.2) is 39.5 Å². The molecule has 0 saturated heterocycles. The molecule has 0 aromatic heterocycles. The van der Waals surface area contributed by atoms with Crippen LogP contribution >= 0.6 is 0 Å². The van der Waals surface area contributed by atoms with E-state index in [0.717, 1.165) is 11.6 Å². The smallest absolute Gasteiger partial charge is 0.313 e. The molecule has 3 N–H and O–H groups in total. The molecule has 2 aliphatic rings. The molecule has 2 heterocycles. The van der Waals surface area contributed by atoms with Gasteiger partial charge in [-0.3, -0.25) is 10.0 Å². The topological polar surface area (TPSA) is 102 Å². The van der Waals surface area contributed by atoms with E-state index >= 15 is 0 Å². The molecule has 0 aromatic carbocycles. The fourth-order valence-electron chi connectivity index (χ4n) is 1.47. The van der Waals surface area contributed by atoms with Gasteiger partial charge in [-0.05, 0) is 0 Å². The Morgan fingerprint density at radius 1 is 1.58 bits per heavy atom. The average Bonchev–Trinajstić information content (AvgIpc) is 2.37. The van der Waals surface area contributed by atoms with Crippen LogP contribution in [0, 0.1) is 5.41 Å². The third kappa shape index (κ3) is 3.62. The minimum absolute atomic E-state index is 0.0820. The Morgan fingerprint density at radius 3 is 3.00 bits per heavy atom. The molecular formula is C11H16N6O2. The van der Waals surface area contributed by atoms with Crippen LogP contribution in [0.25, 0.3) is 0 Å². The van der Waals surface area contributed by atoms with Crippen LogP contribution in [0.5, 0.6) is 0 Å². The molecule has 2 rings (SSSR count). The number of nitrogens with one attached hydrogen (secondary N) is 2. The summed E-state index contributed by atoms with van der Waals surface area (Å²) >= 11 is 0. The summed E-state index contributed by atoms with van der Waals surface area (Å²) in [5.41, 5.74) is 0.212. The highest BCUT2D eigenvalue weighted by molar-refractivity contribution is 5.94. The van der Waals surface area contributed by atoms with Gasteiger partial charge in [-0.15, -0.1) is 10.2 Å². The summed E-state index contributed by atoms with van der Waals surface area (Å²) in [7, 11) is 0. The van der Waals surface area contributed by atoms with Gasteiger partial charge < -0.3 is 10.6 Å². The lowest BCUT2D eigenvalue weighted by Crippen LogP contribution is -2.40. The number of aliphatic imine (C=N–C) groups is 1. The monoisotopic (exact) mass is 264 g/mol. The molecule has 0 fully saturated rings. The summed E-state index contributed by atoms with van der Waals surface area (Å²) in [6.07, 6.45) is 3.98. The third-order valence-electron chi connectivity index (χ3n) is 2.58. The summed E-state index contributed by atoms with van der Waals surface area (Å²) in [5, 5.41) is 22.9. The van der Waals surface area contributed by atoms with Crippen molar-refractivity contribution in [3.63, 3.8) is 0 Å². The first kappa shape index (κ1) is 13.2. The molecule has 0 saturated carbocycles. The Kier molecular flexibility index (Phi) is 3.61. The maximum Gasteiger partial charge on any atom is 0.313 e. The van der Waals surface area contributed by atoms with Crippen LogP contribution in [-0.4, -0.2) is 35.2 Å².